The van der Waals surface area contributed by atoms with Gasteiger partial charge in [-0.1, -0.05) is 30.3 Å². The van der Waals surface area contributed by atoms with Crippen molar-refractivity contribution in [3.63, 3.8) is 0 Å². The summed E-state index contributed by atoms with van der Waals surface area (Å²) in [5, 5.41) is 17.5. The molecule has 4 nitrogen and oxygen atoms in total. The van der Waals surface area contributed by atoms with Crippen molar-refractivity contribution in [3.05, 3.63) is 70.6 Å². The van der Waals surface area contributed by atoms with Gasteiger partial charge in [0.2, 0.25) is 0 Å². The summed E-state index contributed by atoms with van der Waals surface area (Å²) in [6.07, 6.45) is 5.03. The topological polar surface area (TPSA) is 61.8 Å². The van der Waals surface area contributed by atoms with Crippen LogP contribution in [0.1, 0.15) is 17.2 Å². The van der Waals surface area contributed by atoms with Crippen LogP contribution in [0.3, 0.4) is 0 Å². The molecule has 5 heteroatoms. The summed E-state index contributed by atoms with van der Waals surface area (Å²) in [6.45, 7) is 0. The van der Waals surface area contributed by atoms with Gasteiger partial charge < -0.3 is 5.11 Å². The molecule has 0 spiro atoms. The summed E-state index contributed by atoms with van der Waals surface area (Å²) in [5.74, 6) is 0. The van der Waals surface area contributed by atoms with Gasteiger partial charge in [0.25, 0.3) is 0 Å². The molecule has 0 saturated carbocycles. The Balaban J connectivity index is 1.86. The SMILES string of the molecule is OC(Cc1cncc(Br)c1)c1cn[nH]c1-c1ccccc1. The van der Waals surface area contributed by atoms with Gasteiger partial charge in [-0.3, -0.25) is 10.1 Å². The molecule has 3 aromatic rings. The van der Waals surface area contributed by atoms with E-state index in [2.05, 4.69) is 31.1 Å². The monoisotopic (exact) mass is 343 g/mol. The Kier molecular flexibility index (Phi) is 4.13. The van der Waals surface area contributed by atoms with Crippen LogP contribution in [-0.4, -0.2) is 20.3 Å². The number of H-pyrrole nitrogens is 1. The van der Waals surface area contributed by atoms with Crippen molar-refractivity contribution in [3.8, 4) is 11.3 Å². The Morgan fingerprint density at radius 1 is 1.14 bits per heavy atom. The highest BCUT2D eigenvalue weighted by Gasteiger charge is 2.16. The summed E-state index contributed by atoms with van der Waals surface area (Å²) < 4.78 is 0.905. The van der Waals surface area contributed by atoms with E-state index < -0.39 is 6.10 Å². The van der Waals surface area contributed by atoms with Gasteiger partial charge in [-0.2, -0.15) is 5.10 Å². The fraction of sp³-hybridized carbons (Fsp3) is 0.125. The highest BCUT2D eigenvalue weighted by Crippen LogP contribution is 2.28. The van der Waals surface area contributed by atoms with Crippen LogP contribution in [0.15, 0.2) is 59.5 Å². The standard InChI is InChI=1S/C16H14BrN3O/c17-13-6-11(8-18-9-13)7-15(21)14-10-19-20-16(14)12-4-2-1-3-5-12/h1-6,8-10,15,21H,7H2,(H,19,20). The van der Waals surface area contributed by atoms with E-state index in [9.17, 15) is 5.11 Å². The number of hydrogen-bond donors (Lipinski definition) is 2. The molecule has 0 saturated heterocycles. The van der Waals surface area contributed by atoms with Crippen molar-refractivity contribution < 1.29 is 5.11 Å². The minimum Gasteiger partial charge on any atom is -0.388 e. The summed E-state index contributed by atoms with van der Waals surface area (Å²) in [4.78, 5) is 4.12. The van der Waals surface area contributed by atoms with Gasteiger partial charge in [0, 0.05) is 28.9 Å². The molecule has 0 aliphatic rings. The van der Waals surface area contributed by atoms with Gasteiger partial charge in [-0.05, 0) is 33.1 Å². The number of aliphatic hydroxyl groups is 1. The van der Waals surface area contributed by atoms with E-state index in [0.29, 0.717) is 6.42 Å². The molecule has 0 aliphatic carbocycles. The summed E-state index contributed by atoms with van der Waals surface area (Å²) in [7, 11) is 0. The first-order valence-corrected chi connectivity index (χ1v) is 7.39. The van der Waals surface area contributed by atoms with Crippen LogP contribution < -0.4 is 0 Å². The number of rotatable bonds is 4. The lowest BCUT2D eigenvalue weighted by Gasteiger charge is -2.11. The van der Waals surface area contributed by atoms with Crippen LogP contribution in [0.4, 0.5) is 0 Å². The van der Waals surface area contributed by atoms with E-state index in [0.717, 1.165) is 26.9 Å². The first kappa shape index (κ1) is 14.0. The average Bonchev–Trinajstić information content (AvgIpc) is 2.98. The number of halogens is 1. The zero-order chi connectivity index (χ0) is 14.7. The fourth-order valence-corrected chi connectivity index (χ4v) is 2.70. The number of nitrogens with zero attached hydrogens (tertiary/aromatic N) is 2. The van der Waals surface area contributed by atoms with Gasteiger partial charge in [0.15, 0.2) is 0 Å². The van der Waals surface area contributed by atoms with Crippen LogP contribution in [0.5, 0.6) is 0 Å². The summed E-state index contributed by atoms with van der Waals surface area (Å²) in [5.41, 5.74) is 3.63. The Hall–Kier alpha value is -1.98. The number of nitrogens with one attached hydrogen (secondary N) is 1. The molecule has 2 N–H and O–H groups in total. The van der Waals surface area contributed by atoms with E-state index in [1.807, 2.05) is 36.4 Å². The highest BCUT2D eigenvalue weighted by atomic mass is 79.9. The van der Waals surface area contributed by atoms with E-state index in [1.165, 1.54) is 0 Å². The Morgan fingerprint density at radius 3 is 2.71 bits per heavy atom. The van der Waals surface area contributed by atoms with Crippen molar-refractivity contribution in [1.82, 2.24) is 15.2 Å². The van der Waals surface area contributed by atoms with E-state index in [-0.39, 0.29) is 0 Å². The lowest BCUT2D eigenvalue weighted by molar-refractivity contribution is 0.179. The minimum absolute atomic E-state index is 0.492. The predicted octanol–water partition coefficient (Wildman–Crippen LogP) is 3.51. The molecule has 106 valence electrons. The normalized spacial score (nSPS) is 12.3. The Labute approximate surface area is 131 Å². The van der Waals surface area contributed by atoms with Crippen molar-refractivity contribution >= 4 is 15.9 Å². The summed E-state index contributed by atoms with van der Waals surface area (Å²) >= 11 is 3.39. The molecule has 1 aromatic carbocycles. The molecule has 0 fully saturated rings. The van der Waals surface area contributed by atoms with E-state index in [4.69, 9.17) is 0 Å². The molecular formula is C16H14BrN3O. The van der Waals surface area contributed by atoms with Gasteiger partial charge in [-0.15, -0.1) is 0 Å². The second-order valence-corrected chi connectivity index (χ2v) is 5.71. The van der Waals surface area contributed by atoms with Crippen LogP contribution in [0.2, 0.25) is 0 Å². The zero-order valence-corrected chi connectivity index (χ0v) is 12.8. The third kappa shape index (κ3) is 3.20. The van der Waals surface area contributed by atoms with Crippen molar-refractivity contribution in [2.75, 3.05) is 0 Å². The van der Waals surface area contributed by atoms with Crippen LogP contribution >= 0.6 is 15.9 Å². The third-order valence-electron chi connectivity index (χ3n) is 3.28. The Morgan fingerprint density at radius 2 is 1.95 bits per heavy atom. The number of hydrogen-bond acceptors (Lipinski definition) is 3. The minimum atomic E-state index is -0.630. The molecule has 0 radical (unpaired) electrons. The van der Waals surface area contributed by atoms with E-state index >= 15 is 0 Å². The second kappa shape index (κ2) is 6.20. The fourth-order valence-electron chi connectivity index (χ4n) is 2.28. The maximum atomic E-state index is 10.5. The molecule has 3 rings (SSSR count). The molecule has 0 amide bonds. The number of aliphatic hydroxyl groups excluding tert-OH is 1. The smallest absolute Gasteiger partial charge is 0.0867 e. The number of pyridine rings is 1. The average molecular weight is 344 g/mol. The number of benzene rings is 1. The maximum Gasteiger partial charge on any atom is 0.0867 e. The quantitative estimate of drug-likeness (QED) is 0.761. The molecular weight excluding hydrogens is 330 g/mol. The van der Waals surface area contributed by atoms with Crippen LogP contribution in [-0.2, 0) is 6.42 Å². The maximum absolute atomic E-state index is 10.5. The van der Waals surface area contributed by atoms with Crippen LogP contribution in [0, 0.1) is 0 Å². The predicted molar refractivity (Wildman–Crippen MR) is 84.6 cm³/mol. The largest absolute Gasteiger partial charge is 0.388 e. The molecule has 2 aromatic heterocycles. The van der Waals surface area contributed by atoms with Crippen molar-refractivity contribution in [1.29, 1.82) is 0 Å². The van der Waals surface area contributed by atoms with Crippen molar-refractivity contribution in [2.24, 2.45) is 0 Å². The third-order valence-corrected chi connectivity index (χ3v) is 3.71. The zero-order valence-electron chi connectivity index (χ0n) is 11.2. The first-order valence-electron chi connectivity index (χ1n) is 6.60. The Bertz CT molecular complexity index is 727. The second-order valence-electron chi connectivity index (χ2n) is 4.80. The molecule has 1 unspecified atom stereocenters. The molecule has 2 heterocycles. The lowest BCUT2D eigenvalue weighted by Crippen LogP contribution is -2.03. The molecule has 1 atom stereocenters. The molecule has 21 heavy (non-hydrogen) atoms. The van der Waals surface area contributed by atoms with Crippen LogP contribution in [0.25, 0.3) is 11.3 Å². The van der Waals surface area contributed by atoms with Crippen molar-refractivity contribution in [2.45, 2.75) is 12.5 Å². The van der Waals surface area contributed by atoms with E-state index in [1.54, 1.807) is 18.6 Å². The highest BCUT2D eigenvalue weighted by molar-refractivity contribution is 9.10. The summed E-state index contributed by atoms with van der Waals surface area (Å²) in [6, 6.07) is 11.8. The molecule has 0 aliphatic heterocycles. The van der Waals surface area contributed by atoms with Gasteiger partial charge in [0.05, 0.1) is 18.0 Å². The number of aromatic nitrogens is 3. The van der Waals surface area contributed by atoms with Gasteiger partial charge >= 0.3 is 0 Å². The first-order chi connectivity index (χ1) is 10.2. The van der Waals surface area contributed by atoms with Gasteiger partial charge in [-0.25, -0.2) is 0 Å². The van der Waals surface area contributed by atoms with Gasteiger partial charge in [0.1, 0.15) is 0 Å². The lowest BCUT2D eigenvalue weighted by atomic mass is 10.00. The number of aromatic amines is 1. The molecule has 0 bridgehead atoms.